The van der Waals surface area contributed by atoms with Crippen LogP contribution in [0, 0.1) is 13.8 Å². The molecule has 1 unspecified atom stereocenters. The van der Waals surface area contributed by atoms with Crippen molar-refractivity contribution in [1.29, 1.82) is 0 Å². The Morgan fingerprint density at radius 1 is 1.29 bits per heavy atom. The van der Waals surface area contributed by atoms with Crippen LogP contribution < -0.4 is 5.32 Å². The molecule has 2 rings (SSSR count). The molecule has 1 heterocycles. The van der Waals surface area contributed by atoms with Gasteiger partial charge in [-0.1, -0.05) is 0 Å². The first-order valence-corrected chi connectivity index (χ1v) is 7.86. The van der Waals surface area contributed by atoms with Gasteiger partial charge in [0.1, 0.15) is 0 Å². The molecule has 114 valence electrons. The van der Waals surface area contributed by atoms with Crippen molar-refractivity contribution in [2.75, 3.05) is 5.32 Å². The van der Waals surface area contributed by atoms with E-state index >= 15 is 0 Å². The largest absolute Gasteiger partial charge is 0.416 e. The van der Waals surface area contributed by atoms with E-state index < -0.39 is 11.7 Å². The number of benzene rings is 1. The Bertz CT molecular complexity index is 652. The molecule has 0 fully saturated rings. The smallest absolute Gasteiger partial charge is 0.377 e. The fraction of sp³-hybridized carbons (Fsp3) is 0.357. The van der Waals surface area contributed by atoms with Crippen LogP contribution in [0.25, 0.3) is 0 Å². The lowest BCUT2D eigenvalue weighted by Crippen LogP contribution is -2.09. The third-order valence-corrected chi connectivity index (χ3v) is 4.91. The normalized spacial score (nSPS) is 13.3. The van der Waals surface area contributed by atoms with Gasteiger partial charge in [0.2, 0.25) is 0 Å². The molecule has 2 aromatic rings. The van der Waals surface area contributed by atoms with Crippen LogP contribution >= 0.6 is 27.3 Å². The minimum Gasteiger partial charge on any atom is -0.377 e. The second-order valence-corrected chi connectivity index (χ2v) is 6.83. The van der Waals surface area contributed by atoms with Gasteiger partial charge in [-0.3, -0.25) is 0 Å². The maximum atomic E-state index is 12.6. The number of nitrogens with zero attached hydrogens (tertiary/aromatic N) is 1. The predicted molar refractivity (Wildman–Crippen MR) is 82.8 cm³/mol. The molecule has 0 bridgehead atoms. The molecule has 1 N–H and O–H groups in total. The maximum Gasteiger partial charge on any atom is 0.416 e. The van der Waals surface area contributed by atoms with Crippen molar-refractivity contribution >= 4 is 33.0 Å². The summed E-state index contributed by atoms with van der Waals surface area (Å²) in [7, 11) is 0. The van der Waals surface area contributed by atoms with Crippen molar-refractivity contribution in [3.63, 3.8) is 0 Å². The van der Waals surface area contributed by atoms with E-state index in [1.165, 1.54) is 6.07 Å². The van der Waals surface area contributed by atoms with Gasteiger partial charge in [-0.15, -0.1) is 11.3 Å². The number of nitrogens with one attached hydrogen (secondary N) is 1. The number of hydrogen-bond donors (Lipinski definition) is 1. The van der Waals surface area contributed by atoms with Gasteiger partial charge in [0, 0.05) is 15.0 Å². The van der Waals surface area contributed by atoms with Gasteiger partial charge < -0.3 is 5.32 Å². The number of aryl methyl sites for hydroxylation is 2. The highest BCUT2D eigenvalue weighted by Gasteiger charge is 2.30. The van der Waals surface area contributed by atoms with E-state index in [2.05, 4.69) is 26.2 Å². The monoisotopic (exact) mass is 378 g/mol. The summed E-state index contributed by atoms with van der Waals surface area (Å²) in [5.41, 5.74) is 0.902. The minimum atomic E-state index is -4.34. The first-order chi connectivity index (χ1) is 9.68. The molecule has 2 nitrogen and oxygen atoms in total. The van der Waals surface area contributed by atoms with Crippen molar-refractivity contribution in [2.45, 2.75) is 33.0 Å². The molecule has 0 aliphatic heterocycles. The van der Waals surface area contributed by atoms with Gasteiger partial charge in [0.25, 0.3) is 0 Å². The van der Waals surface area contributed by atoms with Gasteiger partial charge in [0.05, 0.1) is 22.3 Å². The van der Waals surface area contributed by atoms with Gasteiger partial charge in [-0.05, 0) is 54.9 Å². The fourth-order valence-electron chi connectivity index (χ4n) is 2.06. The quantitative estimate of drug-likeness (QED) is 0.739. The molecule has 0 spiro atoms. The average Bonchev–Trinajstić information content (AvgIpc) is 2.69. The summed E-state index contributed by atoms with van der Waals surface area (Å²) in [6.45, 7) is 5.82. The Morgan fingerprint density at radius 2 is 1.95 bits per heavy atom. The number of aromatic nitrogens is 1. The van der Waals surface area contributed by atoms with Crippen LogP contribution in [0.5, 0.6) is 0 Å². The standard InChI is InChI=1S/C14H14BrF3N2S/c1-7-13(21-9(3)19-7)8(2)20-12-5-4-10(6-11(12)15)14(16,17)18/h4-6,8,20H,1-3H3. The van der Waals surface area contributed by atoms with Gasteiger partial charge in [0.15, 0.2) is 0 Å². The second-order valence-electron chi connectivity index (χ2n) is 4.74. The first kappa shape index (κ1) is 16.3. The summed E-state index contributed by atoms with van der Waals surface area (Å²) in [5.74, 6) is 0. The van der Waals surface area contributed by atoms with Crippen LogP contribution in [0.1, 0.15) is 34.1 Å². The van der Waals surface area contributed by atoms with Crippen molar-refractivity contribution in [1.82, 2.24) is 4.98 Å². The second kappa shape index (κ2) is 5.96. The van der Waals surface area contributed by atoms with Gasteiger partial charge >= 0.3 is 6.18 Å². The fourth-order valence-corrected chi connectivity index (χ4v) is 3.48. The number of halogens is 4. The van der Waals surface area contributed by atoms with Crippen molar-refractivity contribution in [3.8, 4) is 0 Å². The van der Waals surface area contributed by atoms with Crippen LogP contribution in [0.15, 0.2) is 22.7 Å². The summed E-state index contributed by atoms with van der Waals surface area (Å²) in [6, 6.07) is 3.57. The average molecular weight is 379 g/mol. The zero-order valence-corrected chi connectivity index (χ0v) is 14.1. The van der Waals surface area contributed by atoms with Crippen LogP contribution in [-0.2, 0) is 6.18 Å². The van der Waals surface area contributed by atoms with E-state index in [1.54, 1.807) is 11.3 Å². The first-order valence-electron chi connectivity index (χ1n) is 6.25. The van der Waals surface area contributed by atoms with Crippen LogP contribution in [0.3, 0.4) is 0 Å². The number of thiazole rings is 1. The highest BCUT2D eigenvalue weighted by atomic mass is 79.9. The Labute approximate surface area is 133 Å². The van der Waals surface area contributed by atoms with E-state index in [9.17, 15) is 13.2 Å². The molecule has 0 saturated heterocycles. The molecule has 1 aromatic heterocycles. The number of anilines is 1. The molecule has 1 atom stereocenters. The lowest BCUT2D eigenvalue weighted by Gasteiger charge is -2.17. The molecule has 7 heteroatoms. The van der Waals surface area contributed by atoms with Gasteiger partial charge in [-0.2, -0.15) is 13.2 Å². The zero-order valence-electron chi connectivity index (χ0n) is 11.7. The molecule has 0 radical (unpaired) electrons. The molecule has 21 heavy (non-hydrogen) atoms. The highest BCUT2D eigenvalue weighted by molar-refractivity contribution is 9.10. The minimum absolute atomic E-state index is 0.0239. The van der Waals surface area contributed by atoms with E-state index in [0.29, 0.717) is 10.2 Å². The van der Waals surface area contributed by atoms with E-state index in [4.69, 9.17) is 0 Å². The number of hydrogen-bond acceptors (Lipinski definition) is 3. The Morgan fingerprint density at radius 3 is 2.43 bits per heavy atom. The summed E-state index contributed by atoms with van der Waals surface area (Å²) >= 11 is 4.78. The third kappa shape index (κ3) is 3.77. The summed E-state index contributed by atoms with van der Waals surface area (Å²) in [6.07, 6.45) is -4.34. The summed E-state index contributed by atoms with van der Waals surface area (Å²) < 4.78 is 38.3. The third-order valence-electron chi connectivity index (χ3n) is 3.00. The van der Waals surface area contributed by atoms with Crippen molar-refractivity contribution < 1.29 is 13.2 Å². The molecule has 0 aliphatic rings. The van der Waals surface area contributed by atoms with Crippen LogP contribution in [-0.4, -0.2) is 4.98 Å². The number of alkyl halides is 3. The summed E-state index contributed by atoms with van der Waals surface area (Å²) in [4.78, 5) is 5.44. The number of rotatable bonds is 3. The molecule has 0 aliphatic carbocycles. The molecular weight excluding hydrogens is 365 g/mol. The topological polar surface area (TPSA) is 24.9 Å². The zero-order chi connectivity index (χ0) is 15.8. The van der Waals surface area contributed by atoms with E-state index in [-0.39, 0.29) is 6.04 Å². The maximum absolute atomic E-state index is 12.6. The van der Waals surface area contributed by atoms with Crippen LogP contribution in [0.2, 0.25) is 0 Å². The Hall–Kier alpha value is -1.08. The molecule has 0 saturated carbocycles. The predicted octanol–water partition coefficient (Wildman–Crippen LogP) is 5.71. The highest BCUT2D eigenvalue weighted by Crippen LogP contribution is 2.35. The van der Waals surface area contributed by atoms with Crippen LogP contribution in [0.4, 0.5) is 18.9 Å². The lowest BCUT2D eigenvalue weighted by atomic mass is 10.1. The molecular formula is C14H14BrF3N2S. The lowest BCUT2D eigenvalue weighted by molar-refractivity contribution is -0.137. The molecule has 1 aromatic carbocycles. The van der Waals surface area contributed by atoms with Crippen molar-refractivity contribution in [2.24, 2.45) is 0 Å². The van der Waals surface area contributed by atoms with E-state index in [1.807, 2.05) is 20.8 Å². The van der Waals surface area contributed by atoms with Crippen molar-refractivity contribution in [3.05, 3.63) is 43.8 Å². The van der Waals surface area contributed by atoms with Gasteiger partial charge in [-0.25, -0.2) is 4.98 Å². The summed E-state index contributed by atoms with van der Waals surface area (Å²) in [5, 5.41) is 4.19. The Kier molecular flexibility index (Phi) is 4.63. The van der Waals surface area contributed by atoms with E-state index in [0.717, 1.165) is 27.7 Å². The Balaban J connectivity index is 2.22. The SMILES string of the molecule is Cc1nc(C)c(C(C)Nc2ccc(C(F)(F)F)cc2Br)s1. The molecule has 0 amide bonds.